The summed E-state index contributed by atoms with van der Waals surface area (Å²) in [7, 11) is 1.60. The van der Waals surface area contributed by atoms with E-state index >= 15 is 0 Å². The van der Waals surface area contributed by atoms with Crippen molar-refractivity contribution in [3.63, 3.8) is 0 Å². The van der Waals surface area contributed by atoms with Gasteiger partial charge in [0, 0.05) is 67.9 Å². The standard InChI is InChI=1S/C36H45N7O6/c1-21-30(27-14-24-10-11-37-33(32(24)42(27)17-22-8-9-22)48-20-23-13-29(44)38-16-23)40-43-18-25(15-28(47-5)31(21)43)34(45)41-12-6-7-26(19-41)39-35(46)49-36(2,3)4/h10-11,14-15,18,22-23,26H,6-9,12-13,16-17,19-20H2,1-5H3,(H,38,44)(H,39,46)/t23?,26-/m1/s1. The van der Waals surface area contributed by atoms with Gasteiger partial charge in [-0.15, -0.1) is 0 Å². The van der Waals surface area contributed by atoms with Crippen LogP contribution in [0.5, 0.6) is 11.6 Å². The van der Waals surface area contributed by atoms with E-state index in [2.05, 4.69) is 26.3 Å². The number of pyridine rings is 2. The molecule has 2 aliphatic heterocycles. The number of methoxy groups -OCH3 is 1. The number of piperidine rings is 1. The lowest BCUT2D eigenvalue weighted by molar-refractivity contribution is -0.119. The molecule has 0 aromatic carbocycles. The van der Waals surface area contributed by atoms with E-state index < -0.39 is 11.7 Å². The van der Waals surface area contributed by atoms with Gasteiger partial charge < -0.3 is 34.3 Å². The van der Waals surface area contributed by atoms with Crippen LogP contribution >= 0.6 is 0 Å². The van der Waals surface area contributed by atoms with Gasteiger partial charge in [-0.25, -0.2) is 14.3 Å². The molecule has 3 fully saturated rings. The van der Waals surface area contributed by atoms with Crippen LogP contribution in [0, 0.1) is 18.8 Å². The molecule has 1 aliphatic carbocycles. The van der Waals surface area contributed by atoms with Gasteiger partial charge in [0.25, 0.3) is 5.91 Å². The number of nitrogens with zero attached hydrogens (tertiary/aromatic N) is 5. The van der Waals surface area contributed by atoms with Gasteiger partial charge >= 0.3 is 6.09 Å². The summed E-state index contributed by atoms with van der Waals surface area (Å²) in [5.74, 6) is 1.68. The van der Waals surface area contributed by atoms with E-state index in [0.717, 1.165) is 52.8 Å². The lowest BCUT2D eigenvalue weighted by Gasteiger charge is -2.33. The minimum atomic E-state index is -0.601. The molecule has 0 radical (unpaired) electrons. The Kier molecular flexibility index (Phi) is 8.62. The largest absolute Gasteiger partial charge is 0.494 e. The Bertz CT molecular complexity index is 1920. The van der Waals surface area contributed by atoms with Crippen molar-refractivity contribution < 1.29 is 28.6 Å². The summed E-state index contributed by atoms with van der Waals surface area (Å²) in [6.45, 7) is 10.3. The van der Waals surface area contributed by atoms with Crippen LogP contribution in [-0.2, 0) is 16.1 Å². The first kappa shape index (κ1) is 32.7. The summed E-state index contributed by atoms with van der Waals surface area (Å²) >= 11 is 0. The van der Waals surface area contributed by atoms with Gasteiger partial charge in [0.15, 0.2) is 0 Å². The second-order valence-corrected chi connectivity index (χ2v) is 14.6. The molecule has 13 heteroatoms. The monoisotopic (exact) mass is 671 g/mol. The zero-order valence-electron chi connectivity index (χ0n) is 28.9. The van der Waals surface area contributed by atoms with E-state index in [-0.39, 0.29) is 23.8 Å². The molecule has 49 heavy (non-hydrogen) atoms. The topological polar surface area (TPSA) is 141 Å². The van der Waals surface area contributed by atoms with E-state index in [1.165, 1.54) is 12.8 Å². The van der Waals surface area contributed by atoms with Gasteiger partial charge in [-0.05, 0) is 77.5 Å². The van der Waals surface area contributed by atoms with Crippen molar-refractivity contribution in [2.24, 2.45) is 11.8 Å². The van der Waals surface area contributed by atoms with Crippen molar-refractivity contribution in [1.29, 1.82) is 0 Å². The van der Waals surface area contributed by atoms with Crippen LogP contribution in [0.3, 0.4) is 0 Å². The lowest BCUT2D eigenvalue weighted by Crippen LogP contribution is -2.50. The zero-order chi connectivity index (χ0) is 34.4. The number of aryl methyl sites for hydroxylation is 1. The molecule has 3 amide bonds. The van der Waals surface area contributed by atoms with Crippen molar-refractivity contribution in [3.05, 3.63) is 41.7 Å². The van der Waals surface area contributed by atoms with E-state index in [9.17, 15) is 14.4 Å². The number of hydrogen-bond acceptors (Lipinski definition) is 8. The molecule has 1 unspecified atom stereocenters. The van der Waals surface area contributed by atoms with Gasteiger partial charge in [-0.2, -0.15) is 5.10 Å². The molecule has 4 aromatic heterocycles. The first-order valence-corrected chi connectivity index (χ1v) is 17.2. The summed E-state index contributed by atoms with van der Waals surface area (Å²) in [5.41, 5.74) is 4.22. The third-order valence-electron chi connectivity index (χ3n) is 9.50. The zero-order valence-corrected chi connectivity index (χ0v) is 28.9. The Labute approximate surface area is 285 Å². The quantitative estimate of drug-likeness (QED) is 0.261. The number of hydrogen-bond donors (Lipinski definition) is 2. The van der Waals surface area contributed by atoms with Gasteiger partial charge in [0.1, 0.15) is 28.1 Å². The highest BCUT2D eigenvalue weighted by molar-refractivity contribution is 5.96. The molecule has 1 saturated carbocycles. The number of ether oxygens (including phenoxy) is 3. The summed E-state index contributed by atoms with van der Waals surface area (Å²) in [6.07, 6.45) is 7.36. The van der Waals surface area contributed by atoms with Crippen molar-refractivity contribution in [3.8, 4) is 23.0 Å². The van der Waals surface area contributed by atoms with E-state index in [1.807, 2.05) is 33.8 Å². The average molecular weight is 672 g/mol. The fourth-order valence-corrected chi connectivity index (χ4v) is 6.95. The Morgan fingerprint density at radius 3 is 2.65 bits per heavy atom. The van der Waals surface area contributed by atoms with Crippen molar-refractivity contribution in [1.82, 2.24) is 34.7 Å². The molecule has 2 atom stereocenters. The predicted molar refractivity (Wildman–Crippen MR) is 183 cm³/mol. The van der Waals surface area contributed by atoms with Crippen LogP contribution in [-0.4, -0.2) is 87.0 Å². The maximum atomic E-state index is 13.9. The lowest BCUT2D eigenvalue weighted by atomic mass is 10.0. The molecule has 6 heterocycles. The second kappa shape index (κ2) is 12.9. The van der Waals surface area contributed by atoms with Gasteiger partial charge in [-0.1, -0.05) is 0 Å². The van der Waals surface area contributed by atoms with Crippen molar-refractivity contribution in [2.45, 2.75) is 78.0 Å². The summed E-state index contributed by atoms with van der Waals surface area (Å²) in [5, 5.41) is 11.9. The van der Waals surface area contributed by atoms with Gasteiger partial charge in [0.2, 0.25) is 11.8 Å². The number of fused-ring (bicyclic) bond motifs is 2. The third kappa shape index (κ3) is 6.88. The molecule has 0 bridgehead atoms. The van der Waals surface area contributed by atoms with E-state index in [0.29, 0.717) is 55.8 Å². The Balaban J connectivity index is 1.20. The van der Waals surface area contributed by atoms with Gasteiger partial charge in [-0.3, -0.25) is 9.59 Å². The van der Waals surface area contributed by atoms with E-state index in [4.69, 9.17) is 19.3 Å². The normalized spacial score (nSPS) is 19.7. The SMILES string of the molecule is COc1cc(C(=O)N2CCC[C@@H](NC(=O)OC(C)(C)C)C2)cn2nc(-c3cc4ccnc(OCC5CNC(=O)C5)c4n3CC3CC3)c(C)c12. The molecule has 2 saturated heterocycles. The number of likely N-dealkylation sites (tertiary alicyclic amines) is 1. The van der Waals surface area contributed by atoms with Crippen LogP contribution in [0.25, 0.3) is 27.8 Å². The molecule has 2 N–H and O–H groups in total. The van der Waals surface area contributed by atoms with Crippen LogP contribution in [0.2, 0.25) is 0 Å². The highest BCUT2D eigenvalue weighted by Crippen LogP contribution is 2.40. The summed E-state index contributed by atoms with van der Waals surface area (Å²) in [4.78, 5) is 44.4. The molecule has 0 spiro atoms. The number of amides is 3. The number of carbonyl (C=O) groups is 3. The smallest absolute Gasteiger partial charge is 0.407 e. The van der Waals surface area contributed by atoms with Crippen LogP contribution in [0.15, 0.2) is 30.6 Å². The van der Waals surface area contributed by atoms with Crippen molar-refractivity contribution in [2.75, 3.05) is 33.4 Å². The maximum absolute atomic E-state index is 13.9. The Morgan fingerprint density at radius 1 is 1.12 bits per heavy atom. The number of nitrogens with one attached hydrogen (secondary N) is 2. The van der Waals surface area contributed by atoms with E-state index in [1.54, 1.807) is 35.0 Å². The number of aromatic nitrogens is 4. The number of alkyl carbamates (subject to hydrolysis) is 1. The van der Waals surface area contributed by atoms with Gasteiger partial charge in [0.05, 0.1) is 25.0 Å². The molecular formula is C36H45N7O6. The highest BCUT2D eigenvalue weighted by Gasteiger charge is 2.31. The Morgan fingerprint density at radius 2 is 1.94 bits per heavy atom. The molecule has 4 aromatic rings. The molecule has 13 nitrogen and oxygen atoms in total. The summed E-state index contributed by atoms with van der Waals surface area (Å²) in [6, 6.07) is 5.69. The molecule has 3 aliphatic rings. The second-order valence-electron chi connectivity index (χ2n) is 14.6. The average Bonchev–Trinajstić information content (AvgIpc) is 3.52. The fourth-order valence-electron chi connectivity index (χ4n) is 6.95. The first-order chi connectivity index (χ1) is 23.5. The molecule has 260 valence electrons. The third-order valence-corrected chi connectivity index (χ3v) is 9.50. The summed E-state index contributed by atoms with van der Waals surface area (Å²) < 4.78 is 21.6. The minimum Gasteiger partial charge on any atom is -0.494 e. The minimum absolute atomic E-state index is 0.0529. The molecular weight excluding hydrogens is 626 g/mol. The van der Waals surface area contributed by atoms with Crippen LogP contribution in [0.4, 0.5) is 4.79 Å². The van der Waals surface area contributed by atoms with Crippen LogP contribution in [0.1, 0.15) is 68.8 Å². The number of rotatable bonds is 9. The van der Waals surface area contributed by atoms with Crippen LogP contribution < -0.4 is 20.1 Å². The number of carbonyl (C=O) groups excluding carboxylic acids is 3. The fraction of sp³-hybridized carbons (Fsp3) is 0.528. The predicted octanol–water partition coefficient (Wildman–Crippen LogP) is 4.72. The maximum Gasteiger partial charge on any atom is 0.407 e. The molecule has 7 rings (SSSR count). The first-order valence-electron chi connectivity index (χ1n) is 17.2. The highest BCUT2D eigenvalue weighted by atomic mass is 16.6. The van der Waals surface area contributed by atoms with Crippen molar-refractivity contribution >= 4 is 34.3 Å². The Hall–Kier alpha value is -4.81.